The summed E-state index contributed by atoms with van der Waals surface area (Å²) < 4.78 is 4.63. The van der Waals surface area contributed by atoms with Gasteiger partial charge in [0.15, 0.2) is 6.73 Å². The largest absolute Gasteiger partial charge is 0.445 e. The van der Waals surface area contributed by atoms with E-state index in [4.69, 9.17) is 11.5 Å². The molecule has 0 aliphatic carbocycles. The molecular formula is C14H27N5O5. The second kappa shape index (κ2) is 11.2. The number of nitrogens with one attached hydrogen (secondary N) is 3. The highest BCUT2D eigenvalue weighted by molar-refractivity contribution is 5.89. The van der Waals surface area contributed by atoms with Crippen LogP contribution in [0.25, 0.3) is 0 Å². The first-order valence-electron chi connectivity index (χ1n) is 7.65. The molecule has 0 spiro atoms. The lowest BCUT2D eigenvalue weighted by atomic mass is 10.0. The van der Waals surface area contributed by atoms with Crippen molar-refractivity contribution in [2.45, 2.75) is 45.7 Å². The molecule has 0 aromatic carbocycles. The molecule has 2 atom stereocenters. The van der Waals surface area contributed by atoms with Crippen LogP contribution in [0.15, 0.2) is 0 Å². The Morgan fingerprint density at radius 2 is 1.71 bits per heavy atom. The van der Waals surface area contributed by atoms with Crippen LogP contribution in [0, 0.1) is 5.92 Å². The molecule has 0 bridgehead atoms. The first-order valence-corrected chi connectivity index (χ1v) is 7.65. The van der Waals surface area contributed by atoms with E-state index in [2.05, 4.69) is 20.7 Å². The molecule has 7 N–H and O–H groups in total. The third-order valence-electron chi connectivity index (χ3n) is 3.14. The molecule has 0 heterocycles. The van der Waals surface area contributed by atoms with Gasteiger partial charge in [-0.3, -0.25) is 14.4 Å². The van der Waals surface area contributed by atoms with Gasteiger partial charge in [-0.15, -0.1) is 0 Å². The maximum absolute atomic E-state index is 12.1. The minimum atomic E-state index is -0.868. The van der Waals surface area contributed by atoms with Gasteiger partial charge in [-0.05, 0) is 18.8 Å². The second-order valence-corrected chi connectivity index (χ2v) is 5.59. The molecule has 138 valence electrons. The van der Waals surface area contributed by atoms with E-state index in [0.717, 1.165) is 0 Å². The van der Waals surface area contributed by atoms with Crippen LogP contribution in [0.5, 0.6) is 0 Å². The number of carbonyl (C=O) groups excluding carboxylic acids is 4. The van der Waals surface area contributed by atoms with Gasteiger partial charge in [0.2, 0.25) is 11.8 Å². The summed E-state index contributed by atoms with van der Waals surface area (Å²) in [5.41, 5.74) is 10.7. The van der Waals surface area contributed by atoms with E-state index in [1.165, 1.54) is 6.92 Å². The third kappa shape index (κ3) is 9.62. The first kappa shape index (κ1) is 21.6. The van der Waals surface area contributed by atoms with Crippen LogP contribution in [-0.4, -0.2) is 49.2 Å². The molecule has 0 rings (SSSR count). The van der Waals surface area contributed by atoms with Gasteiger partial charge >= 0.3 is 12.0 Å². The van der Waals surface area contributed by atoms with Gasteiger partial charge in [0.25, 0.3) is 0 Å². The summed E-state index contributed by atoms with van der Waals surface area (Å²) in [6.45, 7) is 4.75. The van der Waals surface area contributed by atoms with E-state index in [9.17, 15) is 19.2 Å². The molecule has 0 aliphatic rings. The first-order chi connectivity index (χ1) is 11.1. The third-order valence-corrected chi connectivity index (χ3v) is 3.14. The Morgan fingerprint density at radius 3 is 2.21 bits per heavy atom. The lowest BCUT2D eigenvalue weighted by Crippen LogP contribution is -2.53. The van der Waals surface area contributed by atoms with Crippen molar-refractivity contribution in [2.24, 2.45) is 17.4 Å². The Labute approximate surface area is 141 Å². The van der Waals surface area contributed by atoms with Crippen molar-refractivity contribution < 1.29 is 23.9 Å². The Morgan fingerprint density at radius 1 is 1.08 bits per heavy atom. The van der Waals surface area contributed by atoms with Gasteiger partial charge in [0.05, 0.1) is 6.04 Å². The van der Waals surface area contributed by atoms with Crippen molar-refractivity contribution in [3.8, 4) is 0 Å². The number of hydrogen-bond donors (Lipinski definition) is 5. The SMILES string of the molecule is CC(=O)OCNC(=O)C(CCCNC(N)=O)NC(=O)C(N)C(C)C. The number of hydrogen-bond acceptors (Lipinski definition) is 6. The molecule has 2 unspecified atom stereocenters. The molecule has 0 aliphatic heterocycles. The molecule has 0 saturated carbocycles. The lowest BCUT2D eigenvalue weighted by Gasteiger charge is -2.22. The zero-order chi connectivity index (χ0) is 18.7. The Hall–Kier alpha value is -2.36. The molecule has 0 aromatic heterocycles. The fraction of sp³-hybridized carbons (Fsp3) is 0.714. The van der Waals surface area contributed by atoms with Gasteiger partial charge in [-0.2, -0.15) is 0 Å². The number of carbonyl (C=O) groups is 4. The number of ether oxygens (including phenoxy) is 1. The smallest absolute Gasteiger partial charge is 0.312 e. The number of nitrogens with two attached hydrogens (primary N) is 2. The van der Waals surface area contributed by atoms with E-state index in [1.54, 1.807) is 13.8 Å². The molecular weight excluding hydrogens is 318 g/mol. The summed E-state index contributed by atoms with van der Waals surface area (Å²) in [7, 11) is 0. The van der Waals surface area contributed by atoms with Crippen molar-refractivity contribution in [1.82, 2.24) is 16.0 Å². The Kier molecular flexibility index (Phi) is 10.1. The number of esters is 1. The zero-order valence-electron chi connectivity index (χ0n) is 14.3. The highest BCUT2D eigenvalue weighted by Gasteiger charge is 2.24. The zero-order valence-corrected chi connectivity index (χ0v) is 14.3. The highest BCUT2D eigenvalue weighted by atomic mass is 16.5. The average Bonchev–Trinajstić information content (AvgIpc) is 2.48. The van der Waals surface area contributed by atoms with Gasteiger partial charge in [-0.25, -0.2) is 4.79 Å². The molecule has 0 fully saturated rings. The second-order valence-electron chi connectivity index (χ2n) is 5.59. The van der Waals surface area contributed by atoms with Gasteiger partial charge in [-0.1, -0.05) is 13.8 Å². The normalized spacial score (nSPS) is 12.9. The van der Waals surface area contributed by atoms with E-state index in [-0.39, 0.29) is 25.6 Å². The summed E-state index contributed by atoms with van der Waals surface area (Å²) in [5, 5.41) is 7.34. The summed E-state index contributed by atoms with van der Waals surface area (Å²) in [4.78, 5) is 45.5. The van der Waals surface area contributed by atoms with Crippen LogP contribution < -0.4 is 27.4 Å². The van der Waals surface area contributed by atoms with E-state index < -0.39 is 35.9 Å². The van der Waals surface area contributed by atoms with Crippen molar-refractivity contribution >= 4 is 23.8 Å². The van der Waals surface area contributed by atoms with Crippen LogP contribution >= 0.6 is 0 Å². The van der Waals surface area contributed by atoms with Gasteiger partial charge < -0.3 is 32.2 Å². The standard InChI is InChI=1S/C14H27N5O5/c1-8(2)11(15)13(22)19-10(5-4-6-17-14(16)23)12(21)18-7-24-9(3)20/h8,10-11H,4-7,15H2,1-3H3,(H,18,21)(H,19,22)(H3,16,17,23). The molecule has 10 heteroatoms. The molecule has 10 nitrogen and oxygen atoms in total. The van der Waals surface area contributed by atoms with Gasteiger partial charge in [0.1, 0.15) is 6.04 Å². The van der Waals surface area contributed by atoms with Crippen LogP contribution in [-0.2, 0) is 19.1 Å². The predicted octanol–water partition coefficient (Wildman–Crippen LogP) is -1.46. The Balaban J connectivity index is 4.62. The van der Waals surface area contributed by atoms with Gasteiger partial charge in [0, 0.05) is 13.5 Å². The number of primary amides is 1. The van der Waals surface area contributed by atoms with E-state index >= 15 is 0 Å². The minimum Gasteiger partial charge on any atom is -0.445 e. The van der Waals surface area contributed by atoms with Crippen LogP contribution in [0.3, 0.4) is 0 Å². The number of amides is 4. The maximum atomic E-state index is 12.1. The lowest BCUT2D eigenvalue weighted by molar-refractivity contribution is -0.143. The quantitative estimate of drug-likeness (QED) is 0.184. The van der Waals surface area contributed by atoms with Crippen LogP contribution in [0.1, 0.15) is 33.6 Å². The van der Waals surface area contributed by atoms with Crippen molar-refractivity contribution in [2.75, 3.05) is 13.3 Å². The summed E-state index contributed by atoms with van der Waals surface area (Å²) in [5.74, 6) is -1.60. The van der Waals surface area contributed by atoms with Crippen LogP contribution in [0.4, 0.5) is 4.79 Å². The van der Waals surface area contributed by atoms with E-state index in [1.807, 2.05) is 0 Å². The highest BCUT2D eigenvalue weighted by Crippen LogP contribution is 2.02. The number of rotatable bonds is 10. The summed E-state index contributed by atoms with van der Waals surface area (Å²) >= 11 is 0. The summed E-state index contributed by atoms with van der Waals surface area (Å²) in [6.07, 6.45) is 0.661. The van der Waals surface area contributed by atoms with Crippen molar-refractivity contribution in [3.05, 3.63) is 0 Å². The number of urea groups is 1. The minimum absolute atomic E-state index is 0.0914. The topological polar surface area (TPSA) is 166 Å². The summed E-state index contributed by atoms with van der Waals surface area (Å²) in [6, 6.07) is -2.29. The maximum Gasteiger partial charge on any atom is 0.312 e. The fourth-order valence-electron chi connectivity index (χ4n) is 1.69. The molecule has 24 heavy (non-hydrogen) atoms. The molecule has 0 saturated heterocycles. The predicted molar refractivity (Wildman–Crippen MR) is 86.3 cm³/mol. The van der Waals surface area contributed by atoms with E-state index in [0.29, 0.717) is 6.42 Å². The van der Waals surface area contributed by atoms with Crippen molar-refractivity contribution in [3.63, 3.8) is 0 Å². The monoisotopic (exact) mass is 345 g/mol. The fourth-order valence-corrected chi connectivity index (χ4v) is 1.69. The molecule has 0 radical (unpaired) electrons. The molecule has 4 amide bonds. The van der Waals surface area contributed by atoms with Crippen LogP contribution in [0.2, 0.25) is 0 Å². The van der Waals surface area contributed by atoms with Crippen molar-refractivity contribution in [1.29, 1.82) is 0 Å². The Bertz CT molecular complexity index is 455. The average molecular weight is 345 g/mol. The molecule has 0 aromatic rings.